The van der Waals surface area contributed by atoms with Gasteiger partial charge in [-0.1, -0.05) is 32.0 Å². The van der Waals surface area contributed by atoms with Crippen molar-refractivity contribution in [2.24, 2.45) is 0 Å². The van der Waals surface area contributed by atoms with Gasteiger partial charge in [0.2, 0.25) is 0 Å². The summed E-state index contributed by atoms with van der Waals surface area (Å²) in [5, 5.41) is 0. The molecule has 4 heteroatoms. The van der Waals surface area contributed by atoms with Crippen molar-refractivity contribution in [1.29, 1.82) is 0 Å². The van der Waals surface area contributed by atoms with Gasteiger partial charge in [-0.2, -0.15) is 0 Å². The summed E-state index contributed by atoms with van der Waals surface area (Å²) in [6.07, 6.45) is 0.928. The lowest BCUT2D eigenvalue weighted by atomic mass is 10.2. The van der Waals surface area contributed by atoms with Gasteiger partial charge in [0.15, 0.2) is 0 Å². The van der Waals surface area contributed by atoms with E-state index < -0.39 is 0 Å². The maximum atomic E-state index is 5.85. The van der Waals surface area contributed by atoms with Gasteiger partial charge in [0.1, 0.15) is 17.3 Å². The Bertz CT molecular complexity index is 808. The summed E-state index contributed by atoms with van der Waals surface area (Å²) in [5.74, 6) is 3.19. The fourth-order valence-corrected chi connectivity index (χ4v) is 2.87. The van der Waals surface area contributed by atoms with Gasteiger partial charge in [-0.3, -0.25) is 0 Å². The van der Waals surface area contributed by atoms with Crippen LogP contribution in [-0.4, -0.2) is 23.3 Å². The number of aryl methyl sites for hydroxylation is 1. The third-order valence-corrected chi connectivity index (χ3v) is 4.04. The summed E-state index contributed by atoms with van der Waals surface area (Å²) >= 11 is 0. The summed E-state index contributed by atoms with van der Waals surface area (Å²) in [5.41, 5.74) is 2.26. The molecule has 4 nitrogen and oxygen atoms in total. The highest BCUT2D eigenvalue weighted by Crippen LogP contribution is 2.22. The Hall–Kier alpha value is -2.49. The zero-order valence-corrected chi connectivity index (χ0v) is 14.5. The lowest BCUT2D eigenvalue weighted by Crippen LogP contribution is -2.09. The summed E-state index contributed by atoms with van der Waals surface area (Å²) in [4.78, 5) is 4.78. The van der Waals surface area contributed by atoms with Crippen LogP contribution in [0.2, 0.25) is 0 Å². The van der Waals surface area contributed by atoms with E-state index in [2.05, 4.69) is 36.6 Å². The topological polar surface area (TPSA) is 36.3 Å². The number of hydrogen-bond acceptors (Lipinski definition) is 3. The first-order valence-electron chi connectivity index (χ1n) is 8.41. The molecule has 0 atom stereocenters. The fraction of sp³-hybridized carbons (Fsp3) is 0.350. The number of rotatable bonds is 7. The van der Waals surface area contributed by atoms with E-state index in [1.807, 2.05) is 30.3 Å². The molecule has 2 aromatic carbocycles. The second-order valence-electron chi connectivity index (χ2n) is 6.15. The normalized spacial score (nSPS) is 11.2. The Morgan fingerprint density at radius 1 is 1.04 bits per heavy atom. The minimum atomic E-state index is 0.400. The van der Waals surface area contributed by atoms with E-state index >= 15 is 0 Å². The number of imidazole rings is 1. The second-order valence-corrected chi connectivity index (χ2v) is 6.15. The second kappa shape index (κ2) is 7.39. The van der Waals surface area contributed by atoms with Crippen molar-refractivity contribution in [2.75, 3.05) is 13.7 Å². The third-order valence-electron chi connectivity index (χ3n) is 4.04. The minimum absolute atomic E-state index is 0.400. The predicted molar refractivity (Wildman–Crippen MR) is 96.9 cm³/mol. The Labute approximate surface area is 143 Å². The van der Waals surface area contributed by atoms with Gasteiger partial charge in [-0.05, 0) is 30.7 Å². The Morgan fingerprint density at radius 3 is 2.62 bits per heavy atom. The van der Waals surface area contributed by atoms with Gasteiger partial charge in [0.05, 0.1) is 24.8 Å². The zero-order chi connectivity index (χ0) is 16.9. The molecular formula is C20H24N2O2. The molecule has 0 amide bonds. The number of hydrogen-bond donors (Lipinski definition) is 0. The van der Waals surface area contributed by atoms with Gasteiger partial charge in [0, 0.05) is 18.5 Å². The molecule has 0 aliphatic carbocycles. The number of benzene rings is 2. The maximum Gasteiger partial charge on any atom is 0.122 e. The molecule has 126 valence electrons. The van der Waals surface area contributed by atoms with Gasteiger partial charge < -0.3 is 14.0 Å². The molecule has 3 rings (SSSR count). The van der Waals surface area contributed by atoms with Crippen molar-refractivity contribution in [3.8, 4) is 11.5 Å². The van der Waals surface area contributed by atoms with E-state index in [9.17, 15) is 0 Å². The highest BCUT2D eigenvalue weighted by atomic mass is 16.5. The Balaban J connectivity index is 1.66. The SMILES string of the molecule is COc1cccc(OCCCn2c(C(C)C)nc3ccccc32)c1. The molecule has 0 radical (unpaired) electrons. The largest absolute Gasteiger partial charge is 0.497 e. The van der Waals surface area contributed by atoms with Crippen molar-refractivity contribution in [1.82, 2.24) is 9.55 Å². The van der Waals surface area contributed by atoms with E-state index in [1.165, 1.54) is 5.52 Å². The van der Waals surface area contributed by atoms with E-state index in [-0.39, 0.29) is 0 Å². The van der Waals surface area contributed by atoms with E-state index in [0.717, 1.165) is 35.8 Å². The third kappa shape index (κ3) is 3.53. The van der Waals surface area contributed by atoms with Crippen molar-refractivity contribution in [3.63, 3.8) is 0 Å². The average molecular weight is 324 g/mol. The molecule has 3 aromatic rings. The number of para-hydroxylation sites is 2. The molecule has 1 heterocycles. The predicted octanol–water partition coefficient (Wildman–Crippen LogP) is 4.64. The van der Waals surface area contributed by atoms with Crippen molar-refractivity contribution in [3.05, 3.63) is 54.4 Å². The van der Waals surface area contributed by atoms with E-state index in [1.54, 1.807) is 7.11 Å². The van der Waals surface area contributed by atoms with Crippen LogP contribution in [-0.2, 0) is 6.54 Å². The highest BCUT2D eigenvalue weighted by Gasteiger charge is 2.12. The van der Waals surface area contributed by atoms with Crippen molar-refractivity contribution < 1.29 is 9.47 Å². The number of ether oxygens (including phenoxy) is 2. The zero-order valence-electron chi connectivity index (χ0n) is 14.5. The van der Waals surface area contributed by atoms with Gasteiger partial charge >= 0.3 is 0 Å². The first-order chi connectivity index (χ1) is 11.7. The summed E-state index contributed by atoms with van der Waals surface area (Å²) in [6, 6.07) is 16.0. The molecule has 0 aliphatic rings. The van der Waals surface area contributed by atoms with E-state index in [0.29, 0.717) is 12.5 Å². The standard InChI is InChI=1S/C20H24N2O2/c1-15(2)20-21-18-10-4-5-11-19(18)22(20)12-7-13-24-17-9-6-8-16(14-17)23-3/h4-6,8-11,14-15H,7,12-13H2,1-3H3. The number of fused-ring (bicyclic) bond motifs is 1. The van der Waals surface area contributed by atoms with Crippen LogP contribution in [0.25, 0.3) is 11.0 Å². The first-order valence-corrected chi connectivity index (χ1v) is 8.41. The first kappa shape index (κ1) is 16.4. The van der Waals surface area contributed by atoms with Crippen LogP contribution < -0.4 is 9.47 Å². The number of aromatic nitrogens is 2. The summed E-state index contributed by atoms with van der Waals surface area (Å²) in [6.45, 7) is 5.93. The Morgan fingerprint density at radius 2 is 1.83 bits per heavy atom. The molecule has 0 aliphatic heterocycles. The van der Waals surface area contributed by atoms with Crippen LogP contribution >= 0.6 is 0 Å². The molecule has 1 aromatic heterocycles. The summed E-state index contributed by atoms with van der Waals surface area (Å²) in [7, 11) is 1.66. The molecule has 0 unspecified atom stereocenters. The van der Waals surface area contributed by atoms with Crippen LogP contribution in [0.4, 0.5) is 0 Å². The molecule has 0 saturated heterocycles. The van der Waals surface area contributed by atoms with Gasteiger partial charge in [-0.15, -0.1) is 0 Å². The highest BCUT2D eigenvalue weighted by molar-refractivity contribution is 5.76. The van der Waals surface area contributed by atoms with Crippen molar-refractivity contribution in [2.45, 2.75) is 32.7 Å². The van der Waals surface area contributed by atoms with Crippen molar-refractivity contribution >= 4 is 11.0 Å². The number of nitrogens with zero attached hydrogens (tertiary/aromatic N) is 2. The molecule has 0 N–H and O–H groups in total. The van der Waals surface area contributed by atoms with Crippen LogP contribution in [0.15, 0.2) is 48.5 Å². The number of methoxy groups -OCH3 is 1. The quantitative estimate of drug-likeness (QED) is 0.594. The molecular weight excluding hydrogens is 300 g/mol. The van der Waals surface area contributed by atoms with Crippen LogP contribution in [0, 0.1) is 0 Å². The van der Waals surface area contributed by atoms with Gasteiger partial charge in [0.25, 0.3) is 0 Å². The lowest BCUT2D eigenvalue weighted by molar-refractivity contribution is 0.299. The molecule has 0 bridgehead atoms. The van der Waals surface area contributed by atoms with Gasteiger partial charge in [-0.25, -0.2) is 4.98 Å². The maximum absolute atomic E-state index is 5.85. The van der Waals surface area contributed by atoms with Crippen LogP contribution in [0.5, 0.6) is 11.5 Å². The minimum Gasteiger partial charge on any atom is -0.497 e. The fourth-order valence-electron chi connectivity index (χ4n) is 2.87. The molecule has 0 fully saturated rings. The average Bonchev–Trinajstić information content (AvgIpc) is 2.98. The van der Waals surface area contributed by atoms with Crippen LogP contribution in [0.1, 0.15) is 32.0 Å². The lowest BCUT2D eigenvalue weighted by Gasteiger charge is -2.12. The molecule has 24 heavy (non-hydrogen) atoms. The smallest absolute Gasteiger partial charge is 0.122 e. The Kier molecular flexibility index (Phi) is 5.04. The van der Waals surface area contributed by atoms with E-state index in [4.69, 9.17) is 14.5 Å². The monoisotopic (exact) mass is 324 g/mol. The molecule has 0 saturated carbocycles. The molecule has 0 spiro atoms. The van der Waals surface area contributed by atoms with Crippen LogP contribution in [0.3, 0.4) is 0 Å². The summed E-state index contributed by atoms with van der Waals surface area (Å²) < 4.78 is 13.4.